The highest BCUT2D eigenvalue weighted by molar-refractivity contribution is 7.14. The Labute approximate surface area is 143 Å². The number of methoxy groups -OCH3 is 1. The second-order valence-corrected chi connectivity index (χ2v) is 5.69. The van der Waals surface area contributed by atoms with Crippen LogP contribution in [0.5, 0.6) is 11.5 Å². The minimum atomic E-state index is -0.589. The number of ether oxygens (including phenoxy) is 2. The number of hydrogen-bond acceptors (Lipinski definition) is 5. The zero-order chi connectivity index (χ0) is 17.5. The molecule has 3 N–H and O–H groups in total. The maximum atomic E-state index is 12.0. The Hall–Kier alpha value is -2.80. The van der Waals surface area contributed by atoms with Crippen LogP contribution in [0.25, 0.3) is 6.08 Å². The molecule has 0 saturated heterocycles. The lowest BCUT2D eigenvalue weighted by Gasteiger charge is -2.11. The molecule has 24 heavy (non-hydrogen) atoms. The van der Waals surface area contributed by atoms with Crippen LogP contribution in [0.15, 0.2) is 35.7 Å². The maximum Gasteiger partial charge on any atom is 0.262 e. The molecule has 0 atom stereocenters. The van der Waals surface area contributed by atoms with Crippen LogP contribution in [-0.2, 0) is 4.79 Å². The number of allylic oxidation sites excluding steroid dienone is 1. The van der Waals surface area contributed by atoms with Crippen LogP contribution in [0.3, 0.4) is 0 Å². The molecule has 0 aliphatic carbocycles. The number of carbonyl (C=O) groups excluding carboxylic acids is 2. The van der Waals surface area contributed by atoms with Crippen LogP contribution in [0.1, 0.15) is 22.8 Å². The topological polar surface area (TPSA) is 90.6 Å². The van der Waals surface area contributed by atoms with Crippen LogP contribution in [0.4, 0.5) is 5.00 Å². The number of rotatable bonds is 7. The quantitative estimate of drug-likeness (QED) is 0.806. The van der Waals surface area contributed by atoms with Gasteiger partial charge in [-0.05, 0) is 36.1 Å². The Morgan fingerprint density at radius 3 is 2.75 bits per heavy atom. The standard InChI is InChI=1S/C17H18N2O4S/c1-3-4-11-5-6-13(14(9-11)22-2)23-10-15(20)19-17-12(16(18)21)7-8-24-17/h3-9H,10H2,1-2H3,(H2,18,21)(H,19,20)/b4-3+. The summed E-state index contributed by atoms with van der Waals surface area (Å²) >= 11 is 1.22. The van der Waals surface area contributed by atoms with Gasteiger partial charge < -0.3 is 20.5 Å². The zero-order valence-corrected chi connectivity index (χ0v) is 14.2. The summed E-state index contributed by atoms with van der Waals surface area (Å²) in [6.07, 6.45) is 3.85. The van der Waals surface area contributed by atoms with Gasteiger partial charge in [0.05, 0.1) is 12.7 Å². The minimum absolute atomic E-state index is 0.213. The highest BCUT2D eigenvalue weighted by atomic mass is 32.1. The second kappa shape index (κ2) is 8.16. The highest BCUT2D eigenvalue weighted by Gasteiger charge is 2.13. The molecule has 2 aromatic rings. The number of amides is 2. The fourth-order valence-electron chi connectivity index (χ4n) is 2.01. The molecular formula is C17H18N2O4S. The van der Waals surface area contributed by atoms with Crippen molar-refractivity contribution in [3.8, 4) is 11.5 Å². The lowest BCUT2D eigenvalue weighted by atomic mass is 10.2. The van der Waals surface area contributed by atoms with Crippen LogP contribution < -0.4 is 20.5 Å². The van der Waals surface area contributed by atoms with Gasteiger partial charge in [-0.1, -0.05) is 18.2 Å². The molecule has 6 nitrogen and oxygen atoms in total. The molecule has 2 amide bonds. The molecule has 7 heteroatoms. The van der Waals surface area contributed by atoms with E-state index in [2.05, 4.69) is 5.32 Å². The molecule has 0 aliphatic rings. The number of hydrogen-bond donors (Lipinski definition) is 2. The smallest absolute Gasteiger partial charge is 0.262 e. The van der Waals surface area contributed by atoms with E-state index in [1.54, 1.807) is 17.5 Å². The number of carbonyl (C=O) groups is 2. The molecule has 0 fully saturated rings. The van der Waals surface area contributed by atoms with E-state index in [1.165, 1.54) is 18.4 Å². The Bertz CT molecular complexity index is 768. The first kappa shape index (κ1) is 17.6. The molecule has 0 aliphatic heterocycles. The van der Waals surface area contributed by atoms with Gasteiger partial charge >= 0.3 is 0 Å². The van der Waals surface area contributed by atoms with E-state index in [1.807, 2.05) is 31.2 Å². The van der Waals surface area contributed by atoms with Crippen LogP contribution >= 0.6 is 11.3 Å². The van der Waals surface area contributed by atoms with E-state index in [9.17, 15) is 9.59 Å². The fraction of sp³-hybridized carbons (Fsp3) is 0.176. The van der Waals surface area contributed by atoms with Crippen molar-refractivity contribution in [3.05, 3.63) is 46.8 Å². The number of anilines is 1. The normalized spacial score (nSPS) is 10.6. The Morgan fingerprint density at radius 1 is 1.29 bits per heavy atom. The van der Waals surface area contributed by atoms with E-state index in [4.69, 9.17) is 15.2 Å². The SMILES string of the molecule is C/C=C/c1ccc(OCC(=O)Nc2sccc2C(N)=O)c(OC)c1. The van der Waals surface area contributed by atoms with E-state index in [0.717, 1.165) is 5.56 Å². The van der Waals surface area contributed by atoms with Crippen LogP contribution in [0, 0.1) is 0 Å². The van der Waals surface area contributed by atoms with Crippen molar-refractivity contribution in [2.75, 3.05) is 19.0 Å². The van der Waals surface area contributed by atoms with Gasteiger partial charge in [0, 0.05) is 0 Å². The van der Waals surface area contributed by atoms with Gasteiger partial charge in [0.15, 0.2) is 18.1 Å². The Morgan fingerprint density at radius 2 is 2.08 bits per heavy atom. The van der Waals surface area contributed by atoms with Crippen molar-refractivity contribution in [1.29, 1.82) is 0 Å². The summed E-state index contributed by atoms with van der Waals surface area (Å²) in [5.41, 5.74) is 6.49. The van der Waals surface area contributed by atoms with Crippen molar-refractivity contribution in [1.82, 2.24) is 0 Å². The fourth-order valence-corrected chi connectivity index (χ4v) is 2.81. The van der Waals surface area contributed by atoms with Gasteiger partial charge in [0.2, 0.25) is 0 Å². The van der Waals surface area contributed by atoms with E-state index in [0.29, 0.717) is 16.5 Å². The summed E-state index contributed by atoms with van der Waals surface area (Å²) in [5, 5.41) is 4.70. The molecule has 0 spiro atoms. The lowest BCUT2D eigenvalue weighted by Crippen LogP contribution is -2.22. The van der Waals surface area contributed by atoms with Crippen molar-refractivity contribution >= 4 is 34.2 Å². The number of nitrogens with two attached hydrogens (primary N) is 1. The third-order valence-electron chi connectivity index (χ3n) is 3.09. The molecule has 1 heterocycles. The molecule has 126 valence electrons. The predicted molar refractivity (Wildman–Crippen MR) is 94.7 cm³/mol. The maximum absolute atomic E-state index is 12.0. The molecule has 0 saturated carbocycles. The van der Waals surface area contributed by atoms with Gasteiger partial charge in [-0.15, -0.1) is 11.3 Å². The Kier molecular flexibility index (Phi) is 5.97. The number of benzene rings is 1. The van der Waals surface area contributed by atoms with Gasteiger partial charge in [0.1, 0.15) is 5.00 Å². The second-order valence-electron chi connectivity index (χ2n) is 4.77. The van der Waals surface area contributed by atoms with Gasteiger partial charge in [-0.2, -0.15) is 0 Å². The monoisotopic (exact) mass is 346 g/mol. The highest BCUT2D eigenvalue weighted by Crippen LogP contribution is 2.29. The first-order chi connectivity index (χ1) is 11.5. The summed E-state index contributed by atoms with van der Waals surface area (Å²) in [6.45, 7) is 1.71. The summed E-state index contributed by atoms with van der Waals surface area (Å²) in [5.74, 6) is 0.0165. The molecule has 1 aromatic heterocycles. The van der Waals surface area contributed by atoms with Gasteiger partial charge in [-0.3, -0.25) is 9.59 Å². The van der Waals surface area contributed by atoms with Gasteiger partial charge in [0.25, 0.3) is 11.8 Å². The molecular weight excluding hydrogens is 328 g/mol. The Balaban J connectivity index is 2.01. The predicted octanol–water partition coefficient (Wildman–Crippen LogP) is 2.91. The summed E-state index contributed by atoms with van der Waals surface area (Å²) in [6, 6.07) is 6.98. The average molecular weight is 346 g/mol. The van der Waals surface area contributed by atoms with Crippen LogP contribution in [-0.4, -0.2) is 25.5 Å². The van der Waals surface area contributed by atoms with Crippen LogP contribution in [0.2, 0.25) is 0 Å². The third kappa shape index (κ3) is 4.36. The largest absolute Gasteiger partial charge is 0.493 e. The number of nitrogens with one attached hydrogen (secondary N) is 1. The minimum Gasteiger partial charge on any atom is -0.493 e. The van der Waals surface area contributed by atoms with E-state index >= 15 is 0 Å². The van der Waals surface area contributed by atoms with Crippen molar-refractivity contribution in [2.24, 2.45) is 5.73 Å². The molecule has 2 rings (SSSR count). The first-order valence-electron chi connectivity index (χ1n) is 7.15. The molecule has 1 aromatic carbocycles. The van der Waals surface area contributed by atoms with Crippen molar-refractivity contribution < 1.29 is 19.1 Å². The summed E-state index contributed by atoms with van der Waals surface area (Å²) < 4.78 is 10.8. The number of primary amides is 1. The number of thiophene rings is 1. The van der Waals surface area contributed by atoms with E-state index in [-0.39, 0.29) is 18.1 Å². The lowest BCUT2D eigenvalue weighted by molar-refractivity contribution is -0.118. The summed E-state index contributed by atoms with van der Waals surface area (Å²) in [4.78, 5) is 23.2. The first-order valence-corrected chi connectivity index (χ1v) is 8.03. The van der Waals surface area contributed by atoms with Crippen molar-refractivity contribution in [3.63, 3.8) is 0 Å². The average Bonchev–Trinajstić information content (AvgIpc) is 3.02. The molecule has 0 unspecified atom stereocenters. The zero-order valence-electron chi connectivity index (χ0n) is 13.4. The van der Waals surface area contributed by atoms with Crippen molar-refractivity contribution in [2.45, 2.75) is 6.92 Å². The third-order valence-corrected chi connectivity index (χ3v) is 3.92. The van der Waals surface area contributed by atoms with Gasteiger partial charge in [-0.25, -0.2) is 0 Å². The molecule has 0 radical (unpaired) electrons. The van der Waals surface area contributed by atoms with E-state index < -0.39 is 5.91 Å². The molecule has 0 bridgehead atoms. The summed E-state index contributed by atoms with van der Waals surface area (Å²) in [7, 11) is 1.53.